The average molecular weight is 508 g/mol. The van der Waals surface area contributed by atoms with E-state index in [1.807, 2.05) is 19.9 Å². The molecule has 5 aliphatic rings. The van der Waals surface area contributed by atoms with Crippen molar-refractivity contribution in [1.82, 2.24) is 0 Å². The maximum Gasteiger partial charge on any atom is 0.312 e. The highest BCUT2D eigenvalue weighted by atomic mass is 16.5. The molecule has 5 nitrogen and oxygen atoms in total. The number of allylic oxidation sites excluding steroid dienone is 2. The Labute approximate surface area is 222 Å². The third-order valence-electron chi connectivity index (χ3n) is 13.1. The zero-order valence-corrected chi connectivity index (χ0v) is 24.1. The summed E-state index contributed by atoms with van der Waals surface area (Å²) in [6.45, 7) is 15.5. The van der Waals surface area contributed by atoms with E-state index < -0.39 is 16.2 Å². The summed E-state index contributed by atoms with van der Waals surface area (Å²) in [5.74, 6) is 0.0839. The fourth-order valence-corrected chi connectivity index (χ4v) is 10.9. The molecule has 0 amide bonds. The molecule has 3 unspecified atom stereocenters. The van der Waals surface area contributed by atoms with Gasteiger partial charge in [0, 0.05) is 17.8 Å². The summed E-state index contributed by atoms with van der Waals surface area (Å²) >= 11 is 0. The Hall–Kier alpha value is -1.96. The van der Waals surface area contributed by atoms with Crippen molar-refractivity contribution in [1.29, 1.82) is 5.26 Å². The predicted molar refractivity (Wildman–Crippen MR) is 141 cm³/mol. The molecule has 0 N–H and O–H groups in total. The summed E-state index contributed by atoms with van der Waals surface area (Å²) < 4.78 is 5.42. The highest BCUT2D eigenvalue weighted by Crippen LogP contribution is 2.75. The largest absolute Gasteiger partial charge is 0.469 e. The van der Waals surface area contributed by atoms with Crippen LogP contribution < -0.4 is 0 Å². The van der Waals surface area contributed by atoms with Crippen LogP contribution in [0, 0.1) is 67.5 Å². The van der Waals surface area contributed by atoms with Gasteiger partial charge in [-0.15, -0.1) is 0 Å². The van der Waals surface area contributed by atoms with Gasteiger partial charge < -0.3 is 4.74 Å². The van der Waals surface area contributed by atoms with Crippen molar-refractivity contribution >= 4 is 17.5 Å². The van der Waals surface area contributed by atoms with Gasteiger partial charge in [-0.3, -0.25) is 14.4 Å². The molecular weight excluding hydrogens is 462 g/mol. The molecule has 0 aliphatic heterocycles. The van der Waals surface area contributed by atoms with E-state index in [0.29, 0.717) is 6.42 Å². The standard InChI is InChI=1S/C32H45NO4/c1-27(2)11-13-32(26(36)37-8)14-12-31(7)24(20(32)17-27)21(34)15-23-29(5)16-19(18-33)25(35)28(3,4)22(29)9-10-30(23,31)6/h16,20,22-24H,9-15,17H2,1-8H3/t20?,22?,23-,24?,29+,30-,31-,32+/m1/s1. The Bertz CT molecular complexity index is 1140. The third kappa shape index (κ3) is 3.17. The van der Waals surface area contributed by atoms with Gasteiger partial charge in [-0.2, -0.15) is 5.26 Å². The lowest BCUT2D eigenvalue weighted by Crippen LogP contribution is -2.69. The minimum absolute atomic E-state index is 0.00663. The van der Waals surface area contributed by atoms with Crippen molar-refractivity contribution in [3.8, 4) is 6.07 Å². The lowest BCUT2D eigenvalue weighted by molar-refractivity contribution is -0.226. The number of ether oxygens (including phenoxy) is 1. The molecule has 5 heteroatoms. The normalized spacial score (nSPS) is 47.8. The Kier molecular flexibility index (Phi) is 5.61. The van der Waals surface area contributed by atoms with Gasteiger partial charge in [0.25, 0.3) is 0 Å². The number of methoxy groups -OCH3 is 1. The monoisotopic (exact) mass is 507 g/mol. The topological polar surface area (TPSA) is 84.2 Å². The van der Waals surface area contributed by atoms with E-state index in [2.05, 4.69) is 40.7 Å². The van der Waals surface area contributed by atoms with Gasteiger partial charge in [-0.05, 0) is 84.4 Å². The van der Waals surface area contributed by atoms with Gasteiger partial charge in [-0.1, -0.05) is 54.5 Å². The fourth-order valence-electron chi connectivity index (χ4n) is 10.9. The van der Waals surface area contributed by atoms with Crippen LogP contribution in [-0.4, -0.2) is 24.6 Å². The molecular formula is C32H45NO4. The number of carbonyl (C=O) groups excluding carboxylic acids is 3. The molecule has 0 bridgehead atoms. The summed E-state index contributed by atoms with van der Waals surface area (Å²) in [6.07, 6.45) is 8.52. The number of carbonyl (C=O) groups is 3. The van der Waals surface area contributed by atoms with Crippen LogP contribution in [0.4, 0.5) is 0 Å². The smallest absolute Gasteiger partial charge is 0.312 e. The minimum Gasteiger partial charge on any atom is -0.469 e. The highest BCUT2D eigenvalue weighted by Gasteiger charge is 2.73. The average Bonchev–Trinajstić information content (AvgIpc) is 2.82. The lowest BCUT2D eigenvalue weighted by atomic mass is 9.31. The van der Waals surface area contributed by atoms with Crippen LogP contribution in [-0.2, 0) is 19.1 Å². The predicted octanol–water partition coefficient (Wildman–Crippen LogP) is 6.46. The van der Waals surface area contributed by atoms with E-state index in [1.165, 1.54) is 7.11 Å². The number of hydrogen-bond donors (Lipinski definition) is 0. The molecule has 4 saturated carbocycles. The van der Waals surface area contributed by atoms with Crippen molar-refractivity contribution in [3.05, 3.63) is 11.6 Å². The van der Waals surface area contributed by atoms with Gasteiger partial charge in [0.05, 0.1) is 18.1 Å². The quantitative estimate of drug-likeness (QED) is 0.380. The zero-order chi connectivity index (χ0) is 27.4. The van der Waals surface area contributed by atoms with Crippen molar-refractivity contribution in [2.75, 3.05) is 7.11 Å². The SMILES string of the molecule is COC(=O)[C@]12CCC(C)(C)CC1C1C(=O)C[C@@H]3[C@@]4(C)C=C(C#N)C(=O)C(C)(C)C4CC[C@@]3(C)[C@]1(C)CC2. The second kappa shape index (κ2) is 7.80. The molecule has 5 rings (SSSR count). The van der Waals surface area contributed by atoms with E-state index in [0.717, 1.165) is 44.9 Å². The molecule has 0 aromatic carbocycles. The Balaban J connectivity index is 1.65. The number of fused-ring (bicyclic) bond motifs is 7. The first-order valence-corrected chi connectivity index (χ1v) is 14.3. The van der Waals surface area contributed by atoms with Crippen molar-refractivity contribution in [2.24, 2.45) is 56.2 Å². The third-order valence-corrected chi connectivity index (χ3v) is 13.1. The fraction of sp³-hybridized carbons (Fsp3) is 0.812. The number of esters is 1. The molecule has 0 spiro atoms. The van der Waals surface area contributed by atoms with Crippen LogP contribution >= 0.6 is 0 Å². The Morgan fingerprint density at radius 2 is 1.59 bits per heavy atom. The van der Waals surface area contributed by atoms with Crippen molar-refractivity contribution in [3.63, 3.8) is 0 Å². The molecule has 0 aromatic heterocycles. The van der Waals surface area contributed by atoms with Gasteiger partial charge in [0.15, 0.2) is 5.78 Å². The van der Waals surface area contributed by atoms with Crippen LogP contribution in [0.15, 0.2) is 11.6 Å². The minimum atomic E-state index is -0.628. The van der Waals surface area contributed by atoms with E-state index in [1.54, 1.807) is 0 Å². The molecule has 0 heterocycles. The van der Waals surface area contributed by atoms with E-state index in [9.17, 15) is 19.6 Å². The number of ketones is 2. The molecule has 0 radical (unpaired) electrons. The number of hydrogen-bond acceptors (Lipinski definition) is 5. The van der Waals surface area contributed by atoms with Gasteiger partial charge in [0.2, 0.25) is 0 Å². The number of nitriles is 1. The summed E-state index contributed by atoms with van der Waals surface area (Å²) in [6, 6.07) is 2.20. The molecule has 0 aromatic rings. The molecule has 4 fully saturated rings. The lowest BCUT2D eigenvalue weighted by Gasteiger charge is -2.71. The Morgan fingerprint density at radius 1 is 0.946 bits per heavy atom. The van der Waals surface area contributed by atoms with Crippen LogP contribution in [0.1, 0.15) is 99.8 Å². The number of Topliss-reactive ketones (excluding diaryl/α,β-unsaturated/α-hetero) is 2. The van der Waals surface area contributed by atoms with Gasteiger partial charge >= 0.3 is 5.97 Å². The van der Waals surface area contributed by atoms with E-state index >= 15 is 0 Å². The first-order chi connectivity index (χ1) is 17.0. The summed E-state index contributed by atoms with van der Waals surface area (Å²) in [5.41, 5.74) is -1.63. The molecule has 202 valence electrons. The van der Waals surface area contributed by atoms with Gasteiger partial charge in [-0.25, -0.2) is 0 Å². The number of rotatable bonds is 1. The maximum absolute atomic E-state index is 14.4. The van der Waals surface area contributed by atoms with Crippen LogP contribution in [0.3, 0.4) is 0 Å². The van der Waals surface area contributed by atoms with E-state index in [-0.39, 0.29) is 63.0 Å². The highest BCUT2D eigenvalue weighted by molar-refractivity contribution is 6.04. The van der Waals surface area contributed by atoms with Gasteiger partial charge in [0.1, 0.15) is 11.9 Å². The summed E-state index contributed by atoms with van der Waals surface area (Å²) in [7, 11) is 1.50. The molecule has 5 aliphatic carbocycles. The van der Waals surface area contributed by atoms with Crippen LogP contribution in [0.5, 0.6) is 0 Å². The number of nitrogens with zero attached hydrogens (tertiary/aromatic N) is 1. The van der Waals surface area contributed by atoms with Crippen molar-refractivity contribution < 1.29 is 19.1 Å². The second-order valence-electron chi connectivity index (χ2n) is 15.3. The van der Waals surface area contributed by atoms with Crippen molar-refractivity contribution in [2.45, 2.75) is 99.8 Å². The molecule has 8 atom stereocenters. The molecule has 0 saturated heterocycles. The maximum atomic E-state index is 14.4. The first kappa shape index (κ1) is 26.6. The summed E-state index contributed by atoms with van der Waals surface area (Å²) in [5, 5.41) is 9.88. The zero-order valence-electron chi connectivity index (χ0n) is 24.1. The van der Waals surface area contributed by atoms with E-state index in [4.69, 9.17) is 4.74 Å². The van der Waals surface area contributed by atoms with Crippen LogP contribution in [0.25, 0.3) is 0 Å². The summed E-state index contributed by atoms with van der Waals surface area (Å²) in [4.78, 5) is 41.0. The molecule has 37 heavy (non-hydrogen) atoms. The second-order valence-corrected chi connectivity index (χ2v) is 15.3. The van der Waals surface area contributed by atoms with Crippen LogP contribution in [0.2, 0.25) is 0 Å². The Morgan fingerprint density at radius 3 is 2.22 bits per heavy atom. The first-order valence-electron chi connectivity index (χ1n) is 14.3.